The van der Waals surface area contributed by atoms with Gasteiger partial charge in [0.2, 0.25) is 0 Å². The van der Waals surface area contributed by atoms with E-state index in [4.69, 9.17) is 9.47 Å². The molecule has 0 unspecified atom stereocenters. The van der Waals surface area contributed by atoms with Gasteiger partial charge < -0.3 is 39.3 Å². The number of unbranched alkanes of at least 4 members (excludes halogenated alkanes) is 18. The van der Waals surface area contributed by atoms with E-state index in [1.165, 1.54) is 114 Å². The summed E-state index contributed by atoms with van der Waals surface area (Å²) in [6.45, 7) is 5.25. The lowest BCUT2D eigenvalue weighted by Gasteiger charge is -2.22. The Labute approximate surface area is 382 Å². The number of phenolic OH excluding ortho intramolecular Hbond substituents is 2. The van der Waals surface area contributed by atoms with Crippen molar-refractivity contribution < 1.29 is 48.4 Å². The van der Waals surface area contributed by atoms with Gasteiger partial charge in [0, 0.05) is 25.7 Å². The van der Waals surface area contributed by atoms with Crippen LogP contribution in [0.1, 0.15) is 187 Å². The second-order valence-corrected chi connectivity index (χ2v) is 21.1. The maximum atomic E-state index is 12.9. The highest BCUT2D eigenvalue weighted by atomic mass is 31.2. The summed E-state index contributed by atoms with van der Waals surface area (Å²) in [5.41, 5.74) is 3.93. The van der Waals surface area contributed by atoms with Gasteiger partial charge >= 0.3 is 15.2 Å². The van der Waals surface area contributed by atoms with Crippen LogP contribution in [0.25, 0.3) is 0 Å². The molecule has 0 saturated heterocycles. The van der Waals surface area contributed by atoms with Crippen molar-refractivity contribution in [3.05, 3.63) is 105 Å². The maximum absolute atomic E-state index is 12.9. The molecule has 0 atom stereocenters. The van der Waals surface area contributed by atoms with Crippen LogP contribution in [0.2, 0.25) is 0 Å². The van der Waals surface area contributed by atoms with Gasteiger partial charge in [0.15, 0.2) is 0 Å². The minimum absolute atomic E-state index is 0.0736. The van der Waals surface area contributed by atoms with Gasteiger partial charge in [-0.05, 0) is 81.6 Å². The zero-order valence-corrected chi connectivity index (χ0v) is 40.2. The first kappa shape index (κ1) is 51.4. The van der Waals surface area contributed by atoms with Crippen molar-refractivity contribution in [3.8, 4) is 23.0 Å². The molecule has 1 aliphatic carbocycles. The minimum atomic E-state index is -4.76. The van der Waals surface area contributed by atoms with Gasteiger partial charge in [-0.25, -0.2) is 0 Å². The molecule has 0 aromatic heterocycles. The van der Waals surface area contributed by atoms with Crippen molar-refractivity contribution in [1.29, 1.82) is 0 Å². The second-order valence-electron chi connectivity index (χ2n) is 17.9. The molecule has 0 saturated carbocycles. The topological polar surface area (TPSA) is 174 Å². The van der Waals surface area contributed by atoms with Gasteiger partial charge in [0.25, 0.3) is 0 Å². The number of benzene rings is 4. The van der Waals surface area contributed by atoms with E-state index in [-0.39, 0.29) is 47.8 Å². The number of aromatic hydroxyl groups is 2. The van der Waals surface area contributed by atoms with Crippen LogP contribution < -0.4 is 20.1 Å². The highest BCUT2D eigenvalue weighted by Gasteiger charge is 2.27. The highest BCUT2D eigenvalue weighted by Crippen LogP contribution is 2.42. The highest BCUT2D eigenvalue weighted by molar-refractivity contribution is 7.60. The van der Waals surface area contributed by atoms with Crippen molar-refractivity contribution in [1.82, 2.24) is 0 Å². The first-order valence-corrected chi connectivity index (χ1v) is 27.3. The summed E-state index contributed by atoms with van der Waals surface area (Å²) in [6, 6.07) is 16.5. The van der Waals surface area contributed by atoms with Crippen molar-refractivity contribution >= 4 is 25.8 Å². The van der Waals surface area contributed by atoms with Gasteiger partial charge in [-0.1, -0.05) is 166 Å². The van der Waals surface area contributed by atoms with Crippen LogP contribution >= 0.6 is 15.2 Å². The molecule has 352 valence electrons. The van der Waals surface area contributed by atoms with Gasteiger partial charge in [0.05, 0.1) is 23.8 Å². The Bertz CT molecular complexity index is 1930. The summed E-state index contributed by atoms with van der Waals surface area (Å²) in [5.74, 6) is 0.859. The molecule has 0 spiro atoms. The minimum Gasteiger partial charge on any atom is -0.507 e. The second kappa shape index (κ2) is 25.9. The van der Waals surface area contributed by atoms with Crippen LogP contribution in [0.15, 0.2) is 60.7 Å². The Balaban J connectivity index is 1.49. The average Bonchev–Trinajstić information content (AvgIpc) is 3.24. The Morgan fingerprint density at radius 1 is 0.406 bits per heavy atom. The third-order valence-corrected chi connectivity index (χ3v) is 14.4. The number of rotatable bonds is 26. The molecule has 64 heavy (non-hydrogen) atoms. The molecule has 1 aliphatic rings. The van der Waals surface area contributed by atoms with Crippen LogP contribution in [0.4, 0.5) is 0 Å². The van der Waals surface area contributed by atoms with E-state index >= 15 is 0 Å². The molecule has 12 heteroatoms. The largest absolute Gasteiger partial charge is 0.507 e. The first-order chi connectivity index (χ1) is 30.8. The molecule has 4 aromatic carbocycles. The van der Waals surface area contributed by atoms with E-state index in [0.717, 1.165) is 38.5 Å². The normalized spacial score (nSPS) is 13.0. The van der Waals surface area contributed by atoms with E-state index in [9.17, 15) is 38.9 Å². The van der Waals surface area contributed by atoms with Crippen LogP contribution in [0.3, 0.4) is 0 Å². The molecule has 0 radical (unpaired) electrons. The Morgan fingerprint density at radius 3 is 0.906 bits per heavy atom. The van der Waals surface area contributed by atoms with Gasteiger partial charge in [-0.15, -0.1) is 0 Å². The van der Waals surface area contributed by atoms with Crippen molar-refractivity contribution in [3.63, 3.8) is 0 Å². The van der Waals surface area contributed by atoms with Crippen molar-refractivity contribution in [2.45, 2.75) is 168 Å². The Morgan fingerprint density at radius 2 is 0.656 bits per heavy atom. The standard InChI is InChI=1S/C52H74O10P2/c1-3-5-7-9-11-13-15-17-19-21-29-61-51-39-25-23-26-40(51)32-44-36-48(64(58,59)60)38-46(50(44)54)34-42-28-24-27-41(33-45-37-47(63(55,56)57)35-43(31-39)49(45)53)52(42)62-30-22-20-18-16-14-12-10-8-6-4-2/h23-28,35-38,53-54H,3-22,29-34H2,1-2H3,(H2,55,56,57)(H2,58,59,60). The molecule has 4 aromatic rings. The zero-order valence-electron chi connectivity index (χ0n) is 38.4. The third kappa shape index (κ3) is 15.8. The van der Waals surface area contributed by atoms with Crippen molar-refractivity contribution in [2.75, 3.05) is 13.2 Å². The monoisotopic (exact) mass is 920 g/mol. The number of para-hydroxylation sites is 2. The smallest absolute Gasteiger partial charge is 0.356 e. The lowest BCUT2D eigenvalue weighted by atomic mass is 9.91. The van der Waals surface area contributed by atoms with Gasteiger partial charge in [0.1, 0.15) is 23.0 Å². The van der Waals surface area contributed by atoms with Gasteiger partial charge in [-0.2, -0.15) is 0 Å². The average molecular weight is 921 g/mol. The van der Waals surface area contributed by atoms with E-state index in [0.29, 0.717) is 69.2 Å². The Hall–Kier alpha value is -3.62. The summed E-state index contributed by atoms with van der Waals surface area (Å²) >= 11 is 0. The molecule has 5 rings (SSSR count). The summed E-state index contributed by atoms with van der Waals surface area (Å²) in [7, 11) is -9.52. The summed E-state index contributed by atoms with van der Waals surface area (Å²) in [5, 5.41) is 23.5. The molecule has 8 bridgehead atoms. The zero-order chi connectivity index (χ0) is 46.0. The van der Waals surface area contributed by atoms with E-state index < -0.39 is 15.2 Å². The van der Waals surface area contributed by atoms with Crippen LogP contribution in [0.5, 0.6) is 23.0 Å². The predicted molar refractivity (Wildman–Crippen MR) is 258 cm³/mol. The van der Waals surface area contributed by atoms with Crippen molar-refractivity contribution in [2.24, 2.45) is 0 Å². The fourth-order valence-electron chi connectivity index (χ4n) is 8.91. The summed E-state index contributed by atoms with van der Waals surface area (Å²) in [4.78, 5) is 42.0. The number of hydrogen-bond donors (Lipinski definition) is 6. The van der Waals surface area contributed by atoms with E-state index in [1.54, 1.807) is 0 Å². The van der Waals surface area contributed by atoms with Crippen LogP contribution in [-0.2, 0) is 34.8 Å². The number of fused-ring (bicyclic) bond motifs is 8. The maximum Gasteiger partial charge on any atom is 0.356 e. The number of ether oxygens (including phenoxy) is 2. The lowest BCUT2D eigenvalue weighted by molar-refractivity contribution is 0.299. The van der Waals surface area contributed by atoms with Gasteiger partial charge in [-0.3, -0.25) is 9.13 Å². The lowest BCUT2D eigenvalue weighted by Crippen LogP contribution is -2.12. The fraction of sp³-hybridized carbons (Fsp3) is 0.538. The quantitative estimate of drug-likeness (QED) is 0.0231. The van der Waals surface area contributed by atoms with E-state index in [2.05, 4.69) is 13.8 Å². The molecular weight excluding hydrogens is 847 g/mol. The number of phenols is 2. The molecule has 6 N–H and O–H groups in total. The predicted octanol–water partition coefficient (Wildman–Crippen LogP) is 12.0. The number of hydrogen-bond acceptors (Lipinski definition) is 6. The molecule has 0 heterocycles. The fourth-order valence-corrected chi connectivity index (χ4v) is 10.2. The van der Waals surface area contributed by atoms with Crippen LogP contribution in [0, 0.1) is 0 Å². The van der Waals surface area contributed by atoms with E-state index in [1.807, 2.05) is 36.4 Å². The first-order valence-electron chi connectivity index (χ1n) is 24.1. The molecule has 0 aliphatic heterocycles. The molecule has 0 amide bonds. The van der Waals surface area contributed by atoms with Crippen LogP contribution in [-0.4, -0.2) is 43.0 Å². The molecular formula is C52H74O10P2. The SMILES string of the molecule is CCCCCCCCCCCCOc1c2cccc1Cc1cc(P(=O)(O)O)cc(c1O)Cc1cccc(c1OCCCCCCCCCCCC)Cc1cc(P(=O)(O)O)cc(c1O)C2. The Kier molecular flexibility index (Phi) is 20.8. The summed E-state index contributed by atoms with van der Waals surface area (Å²) < 4.78 is 38.9. The molecule has 0 fully saturated rings. The third-order valence-electron chi connectivity index (χ3n) is 12.5. The molecule has 10 nitrogen and oxygen atoms in total. The summed E-state index contributed by atoms with van der Waals surface area (Å²) in [6.07, 6.45) is 23.5.